The molecule has 0 aliphatic carbocycles. The molecule has 1 rings (SSSR count). The number of hydrogen-bond donors (Lipinski definition) is 2. The molecular formula is C8H10O3S. The van der Waals surface area contributed by atoms with Crippen molar-refractivity contribution in [3.63, 3.8) is 0 Å². The highest BCUT2D eigenvalue weighted by Crippen LogP contribution is 2.30. The van der Waals surface area contributed by atoms with Crippen molar-refractivity contribution < 1.29 is 15.0 Å². The maximum absolute atomic E-state index is 10.6. The van der Waals surface area contributed by atoms with E-state index in [9.17, 15) is 9.90 Å². The second-order valence-corrected chi connectivity index (χ2v) is 3.71. The summed E-state index contributed by atoms with van der Waals surface area (Å²) in [4.78, 5) is 11.1. The molecule has 66 valence electrons. The van der Waals surface area contributed by atoms with E-state index in [2.05, 4.69) is 0 Å². The molecule has 0 saturated carbocycles. The first-order chi connectivity index (χ1) is 5.55. The number of aliphatic carboxylic acids is 1. The highest BCUT2D eigenvalue weighted by Gasteiger charge is 2.34. The first kappa shape index (κ1) is 9.35. The van der Waals surface area contributed by atoms with Gasteiger partial charge in [-0.25, -0.2) is 4.79 Å². The summed E-state index contributed by atoms with van der Waals surface area (Å²) in [5.41, 5.74) is -1.74. The summed E-state index contributed by atoms with van der Waals surface area (Å²) in [7, 11) is 0. The minimum atomic E-state index is -1.74. The van der Waals surface area contributed by atoms with Gasteiger partial charge in [0.05, 0.1) is 0 Å². The third-order valence-corrected chi connectivity index (χ3v) is 2.82. The fourth-order valence-electron chi connectivity index (χ4n) is 0.805. The second kappa shape index (κ2) is 3.33. The van der Waals surface area contributed by atoms with Crippen LogP contribution in [0.3, 0.4) is 0 Å². The molecule has 0 aromatic carbocycles. The van der Waals surface area contributed by atoms with Gasteiger partial charge in [-0.2, -0.15) is 0 Å². The van der Waals surface area contributed by atoms with Gasteiger partial charge in [0.1, 0.15) is 0 Å². The Morgan fingerprint density at radius 1 is 1.75 bits per heavy atom. The van der Waals surface area contributed by atoms with Crippen LogP contribution in [0.4, 0.5) is 0 Å². The van der Waals surface area contributed by atoms with Crippen molar-refractivity contribution in [2.24, 2.45) is 0 Å². The Morgan fingerprint density at radius 3 is 2.83 bits per heavy atom. The maximum Gasteiger partial charge on any atom is 0.340 e. The van der Waals surface area contributed by atoms with E-state index in [0.29, 0.717) is 4.91 Å². The average Bonchev–Trinajstić information content (AvgIpc) is 2.06. The molecule has 0 aromatic heterocycles. The minimum Gasteiger partial charge on any atom is -0.479 e. The van der Waals surface area contributed by atoms with Crippen LogP contribution in [0.25, 0.3) is 0 Å². The lowest BCUT2D eigenvalue weighted by Gasteiger charge is -2.21. The monoisotopic (exact) mass is 186 g/mol. The molecule has 3 nitrogen and oxygen atoms in total. The number of rotatable bonds is 2. The zero-order valence-electron chi connectivity index (χ0n) is 6.65. The number of carboxylic acids is 1. The fraction of sp³-hybridized carbons (Fsp3) is 0.375. The van der Waals surface area contributed by atoms with Crippen LogP contribution in [0.5, 0.6) is 0 Å². The Hall–Kier alpha value is -0.740. The summed E-state index contributed by atoms with van der Waals surface area (Å²) in [6, 6.07) is 0. The summed E-state index contributed by atoms with van der Waals surface area (Å²) in [5, 5.41) is 18.2. The maximum atomic E-state index is 10.6. The molecular weight excluding hydrogens is 176 g/mol. The highest BCUT2D eigenvalue weighted by molar-refractivity contribution is 8.03. The lowest BCUT2D eigenvalue weighted by Crippen LogP contribution is -2.36. The zero-order chi connectivity index (χ0) is 9.19. The van der Waals surface area contributed by atoms with E-state index in [0.717, 1.165) is 5.75 Å². The smallest absolute Gasteiger partial charge is 0.340 e. The molecule has 4 heteroatoms. The molecule has 1 aliphatic rings. The van der Waals surface area contributed by atoms with Crippen LogP contribution in [-0.4, -0.2) is 27.5 Å². The van der Waals surface area contributed by atoms with Gasteiger partial charge >= 0.3 is 5.97 Å². The van der Waals surface area contributed by atoms with Crippen LogP contribution >= 0.6 is 11.8 Å². The molecule has 0 radical (unpaired) electrons. The lowest BCUT2D eigenvalue weighted by atomic mass is 10.1. The summed E-state index contributed by atoms with van der Waals surface area (Å²) < 4.78 is 0. The standard InChI is InChI=1S/C8H10O3S/c1-8(11,7(9)10)6-4-2-3-5-12-6/h2-4,11H,5H2,1H3,(H,9,10)/t8-/m0/s1. The van der Waals surface area contributed by atoms with Gasteiger partial charge in [0.25, 0.3) is 0 Å². The lowest BCUT2D eigenvalue weighted by molar-refractivity contribution is -0.152. The summed E-state index contributed by atoms with van der Waals surface area (Å²) >= 11 is 1.34. The van der Waals surface area contributed by atoms with E-state index in [1.165, 1.54) is 18.7 Å². The molecule has 0 saturated heterocycles. The van der Waals surface area contributed by atoms with Crippen molar-refractivity contribution in [3.8, 4) is 0 Å². The van der Waals surface area contributed by atoms with E-state index in [4.69, 9.17) is 5.11 Å². The predicted octanol–water partition coefficient (Wildman–Crippen LogP) is 1.01. The fourth-order valence-corrected chi connectivity index (χ4v) is 1.74. The molecule has 1 atom stereocenters. The Labute approximate surface area is 74.8 Å². The van der Waals surface area contributed by atoms with Gasteiger partial charge < -0.3 is 10.2 Å². The third-order valence-electron chi connectivity index (χ3n) is 1.61. The van der Waals surface area contributed by atoms with Gasteiger partial charge in [-0.1, -0.05) is 12.2 Å². The molecule has 2 N–H and O–H groups in total. The zero-order valence-corrected chi connectivity index (χ0v) is 7.47. The average molecular weight is 186 g/mol. The van der Waals surface area contributed by atoms with Gasteiger partial charge in [-0.15, -0.1) is 11.8 Å². The van der Waals surface area contributed by atoms with E-state index in [-0.39, 0.29) is 0 Å². The first-order valence-electron chi connectivity index (χ1n) is 3.51. The normalized spacial score (nSPS) is 21.3. The summed E-state index contributed by atoms with van der Waals surface area (Å²) in [5.74, 6) is -0.494. The van der Waals surface area contributed by atoms with E-state index in [1.807, 2.05) is 6.08 Å². The van der Waals surface area contributed by atoms with Crippen molar-refractivity contribution >= 4 is 17.7 Å². The molecule has 0 spiro atoms. The van der Waals surface area contributed by atoms with Gasteiger partial charge in [-0.3, -0.25) is 0 Å². The summed E-state index contributed by atoms with van der Waals surface area (Å²) in [6.07, 6.45) is 5.29. The number of allylic oxidation sites excluding steroid dienone is 2. The topological polar surface area (TPSA) is 57.5 Å². The van der Waals surface area contributed by atoms with Crippen molar-refractivity contribution in [1.29, 1.82) is 0 Å². The number of hydrogen-bond acceptors (Lipinski definition) is 3. The molecule has 0 bridgehead atoms. The van der Waals surface area contributed by atoms with E-state index in [1.54, 1.807) is 12.2 Å². The van der Waals surface area contributed by atoms with Gasteiger partial charge in [-0.05, 0) is 13.0 Å². The van der Waals surface area contributed by atoms with Crippen LogP contribution in [-0.2, 0) is 4.79 Å². The quantitative estimate of drug-likeness (QED) is 0.675. The number of aliphatic hydroxyl groups is 1. The Balaban J connectivity index is 2.87. The first-order valence-corrected chi connectivity index (χ1v) is 4.49. The van der Waals surface area contributed by atoms with Crippen molar-refractivity contribution in [3.05, 3.63) is 23.1 Å². The number of carbonyl (C=O) groups is 1. The molecule has 0 amide bonds. The third kappa shape index (κ3) is 1.70. The van der Waals surface area contributed by atoms with Crippen molar-refractivity contribution in [2.75, 3.05) is 5.75 Å². The van der Waals surface area contributed by atoms with E-state index >= 15 is 0 Å². The van der Waals surface area contributed by atoms with Crippen LogP contribution in [0, 0.1) is 0 Å². The summed E-state index contributed by atoms with van der Waals surface area (Å²) in [6.45, 7) is 1.29. The van der Waals surface area contributed by atoms with Crippen molar-refractivity contribution in [2.45, 2.75) is 12.5 Å². The van der Waals surface area contributed by atoms with Gasteiger partial charge in [0.2, 0.25) is 0 Å². The van der Waals surface area contributed by atoms with E-state index < -0.39 is 11.6 Å². The number of thioether (sulfide) groups is 1. The minimum absolute atomic E-state index is 0.484. The van der Waals surface area contributed by atoms with Crippen LogP contribution in [0.2, 0.25) is 0 Å². The van der Waals surface area contributed by atoms with Gasteiger partial charge in [0, 0.05) is 10.7 Å². The number of carboxylic acid groups (broad SMARTS) is 1. The second-order valence-electron chi connectivity index (χ2n) is 2.65. The Bertz CT molecular complexity index is 253. The van der Waals surface area contributed by atoms with Crippen LogP contribution in [0.1, 0.15) is 6.92 Å². The van der Waals surface area contributed by atoms with Crippen LogP contribution in [0.15, 0.2) is 23.1 Å². The van der Waals surface area contributed by atoms with Gasteiger partial charge in [0.15, 0.2) is 5.60 Å². The van der Waals surface area contributed by atoms with Crippen molar-refractivity contribution in [1.82, 2.24) is 0 Å². The van der Waals surface area contributed by atoms with Crippen LogP contribution < -0.4 is 0 Å². The molecule has 12 heavy (non-hydrogen) atoms. The predicted molar refractivity (Wildman–Crippen MR) is 47.9 cm³/mol. The SMILES string of the molecule is C[C@@](O)(C(=O)O)C1=CC=CCS1. The molecule has 0 fully saturated rings. The molecule has 0 aromatic rings. The molecule has 1 aliphatic heterocycles. The molecule has 0 unspecified atom stereocenters. The highest BCUT2D eigenvalue weighted by atomic mass is 32.2. The molecule has 1 heterocycles. The Kier molecular flexibility index (Phi) is 2.59. The Morgan fingerprint density at radius 2 is 2.42 bits per heavy atom. The largest absolute Gasteiger partial charge is 0.479 e.